The largest absolute Gasteiger partial charge is 0.490 e. The second-order valence-corrected chi connectivity index (χ2v) is 9.84. The average molecular weight is 440 g/mol. The molecule has 1 amide bonds. The van der Waals surface area contributed by atoms with Crippen LogP contribution in [0.15, 0.2) is 42.5 Å². The second kappa shape index (κ2) is 8.38. The molecule has 2 aromatic carbocycles. The molecule has 3 aliphatic rings. The van der Waals surface area contributed by atoms with Crippen molar-refractivity contribution in [1.82, 2.24) is 5.32 Å². The minimum Gasteiger partial charge on any atom is -0.490 e. The Morgan fingerprint density at radius 1 is 1.16 bits per heavy atom. The van der Waals surface area contributed by atoms with Gasteiger partial charge in [0.05, 0.1) is 18.1 Å². The van der Waals surface area contributed by atoms with Crippen LogP contribution in [0.2, 0.25) is 5.02 Å². The summed E-state index contributed by atoms with van der Waals surface area (Å²) < 4.78 is 12.5. The van der Waals surface area contributed by atoms with Gasteiger partial charge >= 0.3 is 0 Å². The summed E-state index contributed by atoms with van der Waals surface area (Å²) in [6, 6.07) is 13.6. The summed E-state index contributed by atoms with van der Waals surface area (Å²) in [6.07, 6.45) is 9.07. The highest BCUT2D eigenvalue weighted by atomic mass is 35.5. The Hall–Kier alpha value is -2.20. The predicted octanol–water partition coefficient (Wildman–Crippen LogP) is 6.33. The predicted molar refractivity (Wildman–Crippen MR) is 122 cm³/mol. The van der Waals surface area contributed by atoms with Crippen LogP contribution in [-0.4, -0.2) is 17.6 Å². The topological polar surface area (TPSA) is 47.6 Å². The number of amides is 1. The molecule has 1 spiro atoms. The molecule has 2 aliphatic carbocycles. The van der Waals surface area contributed by atoms with Crippen LogP contribution in [0, 0.1) is 0 Å². The van der Waals surface area contributed by atoms with Gasteiger partial charge < -0.3 is 14.8 Å². The highest BCUT2D eigenvalue weighted by Crippen LogP contribution is 2.49. The van der Waals surface area contributed by atoms with Crippen LogP contribution in [-0.2, 0) is 4.79 Å². The number of halogens is 1. The van der Waals surface area contributed by atoms with Crippen molar-refractivity contribution in [2.45, 2.75) is 82.0 Å². The van der Waals surface area contributed by atoms with Crippen molar-refractivity contribution in [2.24, 2.45) is 0 Å². The van der Waals surface area contributed by atoms with Crippen LogP contribution in [0.4, 0.5) is 0 Å². The van der Waals surface area contributed by atoms with Gasteiger partial charge in [0.25, 0.3) is 0 Å². The lowest BCUT2D eigenvalue weighted by Gasteiger charge is -2.48. The zero-order valence-corrected chi connectivity index (χ0v) is 18.8. The Balaban J connectivity index is 1.32. The van der Waals surface area contributed by atoms with Crippen LogP contribution >= 0.6 is 11.6 Å². The van der Waals surface area contributed by atoms with Gasteiger partial charge in [0.1, 0.15) is 17.1 Å². The number of ether oxygens (including phenoxy) is 2. The fraction of sp³-hybridized carbons (Fsp3) is 0.500. The summed E-state index contributed by atoms with van der Waals surface area (Å²) in [6.45, 7) is 1.96. The minimum atomic E-state index is -0.269. The van der Waals surface area contributed by atoms with E-state index in [4.69, 9.17) is 21.1 Å². The van der Waals surface area contributed by atoms with Gasteiger partial charge in [-0.1, -0.05) is 23.7 Å². The van der Waals surface area contributed by atoms with Crippen molar-refractivity contribution in [1.29, 1.82) is 0 Å². The molecule has 1 aliphatic heterocycles. The van der Waals surface area contributed by atoms with E-state index in [2.05, 4.69) is 5.32 Å². The first-order valence-electron chi connectivity index (χ1n) is 11.6. The molecule has 1 heterocycles. The zero-order valence-electron chi connectivity index (χ0n) is 18.0. The summed E-state index contributed by atoms with van der Waals surface area (Å²) in [4.78, 5) is 13.3. The first-order valence-corrected chi connectivity index (χ1v) is 11.9. The van der Waals surface area contributed by atoms with Crippen molar-refractivity contribution < 1.29 is 14.3 Å². The van der Waals surface area contributed by atoms with Gasteiger partial charge in [0.2, 0.25) is 5.91 Å². The van der Waals surface area contributed by atoms with E-state index >= 15 is 0 Å². The number of benzene rings is 2. The highest BCUT2D eigenvalue weighted by molar-refractivity contribution is 6.30. The van der Waals surface area contributed by atoms with Gasteiger partial charge in [-0.2, -0.15) is 0 Å². The van der Waals surface area contributed by atoms with Gasteiger partial charge in [0, 0.05) is 17.0 Å². The van der Waals surface area contributed by atoms with Crippen LogP contribution in [0.25, 0.3) is 0 Å². The monoisotopic (exact) mass is 439 g/mol. The Labute approximate surface area is 189 Å². The minimum absolute atomic E-state index is 0.0188. The van der Waals surface area contributed by atoms with Crippen LogP contribution in [0.5, 0.6) is 11.5 Å². The normalized spacial score (nSPS) is 22.8. The Kier molecular flexibility index (Phi) is 5.60. The number of nitrogens with one attached hydrogen (secondary N) is 1. The molecular formula is C26H30ClNO3. The van der Waals surface area contributed by atoms with Gasteiger partial charge in [-0.05, 0) is 87.8 Å². The summed E-state index contributed by atoms with van der Waals surface area (Å²) in [5.74, 6) is 1.46. The van der Waals surface area contributed by atoms with E-state index in [0.717, 1.165) is 54.7 Å². The van der Waals surface area contributed by atoms with Crippen molar-refractivity contribution in [2.75, 3.05) is 0 Å². The van der Waals surface area contributed by atoms with Crippen molar-refractivity contribution >= 4 is 17.5 Å². The number of rotatable bonds is 5. The van der Waals surface area contributed by atoms with Gasteiger partial charge in [0.15, 0.2) is 0 Å². The molecule has 5 heteroatoms. The fourth-order valence-electron chi connectivity index (χ4n) is 5.15. The van der Waals surface area contributed by atoms with Crippen LogP contribution in [0.1, 0.15) is 81.4 Å². The van der Waals surface area contributed by atoms with Gasteiger partial charge in [-0.15, -0.1) is 0 Å². The molecule has 0 bridgehead atoms. The molecule has 164 valence electrons. The van der Waals surface area contributed by atoms with E-state index in [1.165, 1.54) is 19.3 Å². The van der Waals surface area contributed by atoms with E-state index < -0.39 is 0 Å². The Bertz CT molecular complexity index is 965. The van der Waals surface area contributed by atoms with E-state index in [1.807, 2.05) is 49.4 Å². The molecule has 31 heavy (non-hydrogen) atoms. The van der Waals surface area contributed by atoms with Crippen LogP contribution in [0.3, 0.4) is 0 Å². The molecule has 0 saturated heterocycles. The molecule has 1 N–H and O–H groups in total. The lowest BCUT2D eigenvalue weighted by atomic mass is 9.73. The van der Waals surface area contributed by atoms with Gasteiger partial charge in [-0.3, -0.25) is 4.79 Å². The third kappa shape index (κ3) is 4.27. The molecular weight excluding hydrogens is 410 g/mol. The SMILES string of the molecule is CC(C(=O)N[C@@H]1CC2(CCC2)Oc2ccc(Cl)cc21)c1cccc(OC2CCCC2)c1. The Morgan fingerprint density at radius 2 is 1.97 bits per heavy atom. The van der Waals surface area contributed by atoms with Crippen LogP contribution < -0.4 is 14.8 Å². The van der Waals surface area contributed by atoms with Crippen molar-refractivity contribution in [3.63, 3.8) is 0 Å². The highest BCUT2D eigenvalue weighted by Gasteiger charge is 2.46. The molecule has 0 radical (unpaired) electrons. The molecule has 5 rings (SSSR count). The summed E-state index contributed by atoms with van der Waals surface area (Å²) in [7, 11) is 0. The first kappa shape index (κ1) is 20.7. The van der Waals surface area contributed by atoms with Crippen molar-refractivity contribution in [3.05, 3.63) is 58.6 Å². The molecule has 4 nitrogen and oxygen atoms in total. The van der Waals surface area contributed by atoms with E-state index in [-0.39, 0.29) is 23.5 Å². The maximum atomic E-state index is 13.3. The number of hydrogen-bond donors (Lipinski definition) is 1. The number of carbonyl (C=O) groups is 1. The average Bonchev–Trinajstić information content (AvgIpc) is 3.25. The maximum absolute atomic E-state index is 13.3. The third-order valence-electron chi connectivity index (χ3n) is 7.19. The number of carbonyl (C=O) groups excluding carboxylic acids is 1. The summed E-state index contributed by atoms with van der Waals surface area (Å²) in [5, 5.41) is 3.96. The van der Waals surface area contributed by atoms with E-state index in [9.17, 15) is 4.79 Å². The van der Waals surface area contributed by atoms with E-state index in [1.54, 1.807) is 0 Å². The van der Waals surface area contributed by atoms with E-state index in [0.29, 0.717) is 11.1 Å². The Morgan fingerprint density at radius 3 is 2.71 bits per heavy atom. The molecule has 2 fully saturated rings. The standard InChI is InChI=1S/C26H30ClNO3/c1-17(18-6-4-9-21(14-18)30-20-7-2-3-8-20)25(29)28-23-16-26(12-5-13-26)31-24-11-10-19(27)15-22(23)24/h4,6,9-11,14-15,17,20,23H,2-3,5,7-8,12-13,16H2,1H3,(H,28,29)/t17?,23-/m1/s1. The second-order valence-electron chi connectivity index (χ2n) is 9.40. The maximum Gasteiger partial charge on any atom is 0.227 e. The quantitative estimate of drug-likeness (QED) is 0.592. The van der Waals surface area contributed by atoms with Crippen molar-refractivity contribution in [3.8, 4) is 11.5 Å². The lowest BCUT2D eigenvalue weighted by Crippen LogP contribution is -2.50. The first-order chi connectivity index (χ1) is 15.0. The molecule has 2 saturated carbocycles. The summed E-state index contributed by atoms with van der Waals surface area (Å²) >= 11 is 6.26. The molecule has 0 aromatic heterocycles. The zero-order chi connectivity index (χ0) is 21.4. The molecule has 2 aromatic rings. The lowest BCUT2D eigenvalue weighted by molar-refractivity contribution is -0.124. The number of hydrogen-bond acceptors (Lipinski definition) is 3. The third-order valence-corrected chi connectivity index (χ3v) is 7.42. The van der Waals surface area contributed by atoms with Gasteiger partial charge in [-0.25, -0.2) is 0 Å². The fourth-order valence-corrected chi connectivity index (χ4v) is 5.33. The summed E-state index contributed by atoms with van der Waals surface area (Å²) in [5.41, 5.74) is 1.81. The smallest absolute Gasteiger partial charge is 0.227 e. The molecule has 1 unspecified atom stereocenters. The number of fused-ring (bicyclic) bond motifs is 1. The molecule has 2 atom stereocenters.